The third-order valence-electron chi connectivity index (χ3n) is 4.65. The number of ketones is 1. The summed E-state index contributed by atoms with van der Waals surface area (Å²) in [6, 6.07) is 15.8. The third kappa shape index (κ3) is 3.01. The number of benzene rings is 2. The molecule has 26 heavy (non-hydrogen) atoms. The fraction of sp³-hybridized carbons (Fsp3) is 0.238. The molecule has 0 amide bonds. The summed E-state index contributed by atoms with van der Waals surface area (Å²) in [5.41, 5.74) is 3.06. The Kier molecular flexibility index (Phi) is 3.87. The van der Waals surface area contributed by atoms with Gasteiger partial charge in [-0.05, 0) is 48.2 Å². The lowest BCUT2D eigenvalue weighted by Crippen LogP contribution is -2.28. The van der Waals surface area contributed by atoms with Crippen LogP contribution in [0.25, 0.3) is 5.69 Å². The SMILES string of the molecule is CC1(C)CC(=O)c2c(Nc3ccc(F)cc3)nn(-c3ccccc3)c2C1. The van der Waals surface area contributed by atoms with Gasteiger partial charge in [-0.15, -0.1) is 5.10 Å². The minimum Gasteiger partial charge on any atom is -0.338 e. The number of hydrogen-bond acceptors (Lipinski definition) is 3. The van der Waals surface area contributed by atoms with E-state index in [1.807, 2.05) is 35.0 Å². The first-order valence-corrected chi connectivity index (χ1v) is 8.66. The molecule has 0 saturated heterocycles. The van der Waals surface area contributed by atoms with Gasteiger partial charge in [0, 0.05) is 12.1 Å². The van der Waals surface area contributed by atoms with Gasteiger partial charge in [0.1, 0.15) is 5.82 Å². The van der Waals surface area contributed by atoms with Crippen molar-refractivity contribution in [2.45, 2.75) is 26.7 Å². The predicted molar refractivity (Wildman–Crippen MR) is 99.7 cm³/mol. The Morgan fingerprint density at radius 2 is 1.73 bits per heavy atom. The van der Waals surface area contributed by atoms with E-state index in [4.69, 9.17) is 0 Å². The molecule has 0 bridgehead atoms. The van der Waals surface area contributed by atoms with Crippen LogP contribution in [0, 0.1) is 11.2 Å². The molecule has 0 atom stereocenters. The summed E-state index contributed by atoms with van der Waals surface area (Å²) in [5, 5.41) is 7.87. The topological polar surface area (TPSA) is 46.9 Å². The second kappa shape index (κ2) is 6.09. The van der Waals surface area contributed by atoms with Crippen molar-refractivity contribution in [1.29, 1.82) is 0 Å². The van der Waals surface area contributed by atoms with Crippen LogP contribution < -0.4 is 5.32 Å². The van der Waals surface area contributed by atoms with Gasteiger partial charge in [0.05, 0.1) is 16.9 Å². The molecule has 1 aromatic heterocycles. The summed E-state index contributed by atoms with van der Waals surface area (Å²) in [5.74, 6) is 0.309. The first kappa shape index (κ1) is 16.5. The maximum absolute atomic E-state index is 13.2. The summed E-state index contributed by atoms with van der Waals surface area (Å²) in [6.07, 6.45) is 1.25. The first-order chi connectivity index (χ1) is 12.4. The smallest absolute Gasteiger partial charge is 0.169 e. The number of anilines is 2. The Balaban J connectivity index is 1.84. The number of hydrogen-bond donors (Lipinski definition) is 1. The quantitative estimate of drug-likeness (QED) is 0.731. The van der Waals surface area contributed by atoms with Crippen LogP contribution in [0.3, 0.4) is 0 Å². The van der Waals surface area contributed by atoms with E-state index < -0.39 is 0 Å². The Hall–Kier alpha value is -2.95. The van der Waals surface area contributed by atoms with Crippen LogP contribution >= 0.6 is 0 Å². The molecular formula is C21H20FN3O. The zero-order valence-electron chi connectivity index (χ0n) is 14.8. The highest BCUT2D eigenvalue weighted by atomic mass is 19.1. The molecule has 0 spiro atoms. The Morgan fingerprint density at radius 3 is 2.42 bits per heavy atom. The lowest BCUT2D eigenvalue weighted by atomic mass is 9.76. The standard InChI is InChI=1S/C21H20FN3O/c1-21(2)12-17-19(18(26)13-21)20(23-15-10-8-14(22)9-11-15)24-25(17)16-6-4-3-5-7-16/h3-11H,12-13H2,1-2H3,(H,23,24). The molecule has 0 radical (unpaired) electrons. The van der Waals surface area contributed by atoms with Gasteiger partial charge in [0.2, 0.25) is 0 Å². The normalized spacial score (nSPS) is 15.6. The summed E-state index contributed by atoms with van der Waals surface area (Å²) >= 11 is 0. The van der Waals surface area contributed by atoms with Gasteiger partial charge >= 0.3 is 0 Å². The predicted octanol–water partition coefficient (Wildman–Crippen LogP) is 4.91. The van der Waals surface area contributed by atoms with Gasteiger partial charge in [-0.1, -0.05) is 32.0 Å². The van der Waals surface area contributed by atoms with Crippen molar-refractivity contribution in [3.8, 4) is 5.69 Å². The number of halogens is 1. The second-order valence-corrected chi connectivity index (χ2v) is 7.49. The van der Waals surface area contributed by atoms with Crippen LogP contribution in [0.2, 0.25) is 0 Å². The summed E-state index contributed by atoms with van der Waals surface area (Å²) in [7, 11) is 0. The Bertz CT molecular complexity index is 959. The largest absolute Gasteiger partial charge is 0.338 e. The third-order valence-corrected chi connectivity index (χ3v) is 4.65. The molecule has 4 nitrogen and oxygen atoms in total. The molecule has 1 N–H and O–H groups in total. The van der Waals surface area contributed by atoms with Gasteiger partial charge in [-0.3, -0.25) is 4.79 Å². The Morgan fingerprint density at radius 1 is 1.04 bits per heavy atom. The fourth-order valence-electron chi connectivity index (χ4n) is 3.49. The highest BCUT2D eigenvalue weighted by molar-refractivity contribution is 6.03. The van der Waals surface area contributed by atoms with E-state index in [1.54, 1.807) is 12.1 Å². The van der Waals surface area contributed by atoms with Gasteiger partial charge in [-0.2, -0.15) is 0 Å². The molecule has 0 fully saturated rings. The summed E-state index contributed by atoms with van der Waals surface area (Å²) < 4.78 is 15.0. The van der Waals surface area contributed by atoms with Crippen molar-refractivity contribution in [2.24, 2.45) is 5.41 Å². The van der Waals surface area contributed by atoms with Crippen molar-refractivity contribution >= 4 is 17.3 Å². The zero-order chi connectivity index (χ0) is 18.3. The lowest BCUT2D eigenvalue weighted by Gasteiger charge is -2.29. The maximum Gasteiger partial charge on any atom is 0.169 e. The van der Waals surface area contributed by atoms with E-state index in [1.165, 1.54) is 12.1 Å². The van der Waals surface area contributed by atoms with Gasteiger partial charge < -0.3 is 5.32 Å². The number of nitrogens with one attached hydrogen (secondary N) is 1. The number of aromatic nitrogens is 2. The fourth-order valence-corrected chi connectivity index (χ4v) is 3.49. The van der Waals surface area contributed by atoms with Gasteiger partial charge in [0.15, 0.2) is 11.6 Å². The summed E-state index contributed by atoms with van der Waals surface area (Å²) in [4.78, 5) is 12.9. The van der Waals surface area contributed by atoms with Crippen molar-refractivity contribution in [3.05, 3.63) is 71.7 Å². The van der Waals surface area contributed by atoms with E-state index in [2.05, 4.69) is 24.3 Å². The molecule has 2 aromatic carbocycles. The average molecular weight is 349 g/mol. The van der Waals surface area contributed by atoms with Gasteiger partial charge in [0.25, 0.3) is 0 Å². The molecule has 1 heterocycles. The zero-order valence-corrected chi connectivity index (χ0v) is 14.8. The first-order valence-electron chi connectivity index (χ1n) is 8.66. The molecule has 5 heteroatoms. The molecule has 1 aliphatic rings. The van der Waals surface area contributed by atoms with Crippen LogP contribution in [0.15, 0.2) is 54.6 Å². The number of para-hydroxylation sites is 1. The average Bonchev–Trinajstić information content (AvgIpc) is 2.95. The number of rotatable bonds is 3. The monoisotopic (exact) mass is 349 g/mol. The molecular weight excluding hydrogens is 329 g/mol. The van der Waals surface area contributed by atoms with Crippen molar-refractivity contribution in [1.82, 2.24) is 9.78 Å². The van der Waals surface area contributed by atoms with E-state index in [-0.39, 0.29) is 17.0 Å². The highest BCUT2D eigenvalue weighted by Gasteiger charge is 2.36. The number of carbonyl (C=O) groups excluding carboxylic acids is 1. The number of carbonyl (C=O) groups is 1. The van der Waals surface area contributed by atoms with Crippen LogP contribution in [-0.2, 0) is 6.42 Å². The minimum absolute atomic E-state index is 0.0862. The lowest BCUT2D eigenvalue weighted by molar-refractivity contribution is 0.0912. The van der Waals surface area contributed by atoms with Crippen LogP contribution in [-0.4, -0.2) is 15.6 Å². The molecule has 3 aromatic rings. The number of nitrogens with zero attached hydrogens (tertiary/aromatic N) is 2. The Labute approximate surface area is 151 Å². The maximum atomic E-state index is 13.2. The molecule has 0 unspecified atom stereocenters. The molecule has 1 aliphatic carbocycles. The number of Topliss-reactive ketones (excluding diaryl/α,β-unsaturated/α-hetero) is 1. The van der Waals surface area contributed by atoms with Crippen molar-refractivity contribution < 1.29 is 9.18 Å². The van der Waals surface area contributed by atoms with E-state index in [0.717, 1.165) is 17.8 Å². The van der Waals surface area contributed by atoms with Crippen molar-refractivity contribution in [3.63, 3.8) is 0 Å². The number of fused-ring (bicyclic) bond motifs is 1. The van der Waals surface area contributed by atoms with E-state index in [0.29, 0.717) is 23.5 Å². The van der Waals surface area contributed by atoms with Crippen LogP contribution in [0.1, 0.15) is 36.3 Å². The van der Waals surface area contributed by atoms with E-state index in [9.17, 15) is 9.18 Å². The second-order valence-electron chi connectivity index (χ2n) is 7.49. The van der Waals surface area contributed by atoms with Crippen LogP contribution in [0.4, 0.5) is 15.9 Å². The van der Waals surface area contributed by atoms with Gasteiger partial charge in [-0.25, -0.2) is 9.07 Å². The molecule has 132 valence electrons. The molecule has 0 aliphatic heterocycles. The van der Waals surface area contributed by atoms with E-state index >= 15 is 0 Å². The highest BCUT2D eigenvalue weighted by Crippen LogP contribution is 2.39. The van der Waals surface area contributed by atoms with Crippen LogP contribution in [0.5, 0.6) is 0 Å². The minimum atomic E-state index is -0.301. The molecule has 4 rings (SSSR count). The summed E-state index contributed by atoms with van der Waals surface area (Å²) in [6.45, 7) is 4.20. The van der Waals surface area contributed by atoms with Crippen molar-refractivity contribution in [2.75, 3.05) is 5.32 Å². The molecule has 0 saturated carbocycles.